The number of methoxy groups -OCH3 is 2. The first-order valence-corrected chi connectivity index (χ1v) is 6.65. The van der Waals surface area contributed by atoms with E-state index in [1.807, 2.05) is 6.07 Å². The molecular formula is C15H23NO2. The number of ether oxygens (including phenoxy) is 2. The van der Waals surface area contributed by atoms with Crippen molar-refractivity contribution in [3.8, 4) is 5.75 Å². The van der Waals surface area contributed by atoms with Crippen molar-refractivity contribution in [2.45, 2.75) is 24.7 Å². The van der Waals surface area contributed by atoms with Crippen LogP contribution in [0.1, 0.15) is 24.8 Å². The van der Waals surface area contributed by atoms with Crippen LogP contribution in [0.4, 0.5) is 0 Å². The summed E-state index contributed by atoms with van der Waals surface area (Å²) in [7, 11) is 3.46. The Morgan fingerprint density at radius 1 is 1.28 bits per heavy atom. The first kappa shape index (κ1) is 13.4. The molecule has 3 heteroatoms. The van der Waals surface area contributed by atoms with E-state index in [9.17, 15) is 0 Å². The van der Waals surface area contributed by atoms with Gasteiger partial charge in [0.05, 0.1) is 13.7 Å². The van der Waals surface area contributed by atoms with E-state index in [0.29, 0.717) is 5.41 Å². The van der Waals surface area contributed by atoms with Gasteiger partial charge in [-0.05, 0) is 30.5 Å². The van der Waals surface area contributed by atoms with Gasteiger partial charge in [0.25, 0.3) is 0 Å². The fourth-order valence-electron chi connectivity index (χ4n) is 2.63. The second kappa shape index (κ2) is 6.21. The molecule has 2 rings (SSSR count). The first-order chi connectivity index (χ1) is 8.80. The summed E-state index contributed by atoms with van der Waals surface area (Å²) in [6, 6.07) is 8.49. The SMILES string of the molecule is COCCNCC1(c2cccc(OC)c2)CCC1. The Hall–Kier alpha value is -1.06. The van der Waals surface area contributed by atoms with Gasteiger partial charge in [-0.2, -0.15) is 0 Å². The molecule has 1 saturated carbocycles. The highest BCUT2D eigenvalue weighted by atomic mass is 16.5. The lowest BCUT2D eigenvalue weighted by molar-refractivity contribution is 0.185. The summed E-state index contributed by atoms with van der Waals surface area (Å²) in [4.78, 5) is 0. The molecule has 1 aromatic rings. The van der Waals surface area contributed by atoms with Crippen molar-refractivity contribution in [2.75, 3.05) is 33.9 Å². The quantitative estimate of drug-likeness (QED) is 0.752. The lowest BCUT2D eigenvalue weighted by Gasteiger charge is -2.43. The fourth-order valence-corrected chi connectivity index (χ4v) is 2.63. The van der Waals surface area contributed by atoms with E-state index < -0.39 is 0 Å². The second-order valence-electron chi connectivity index (χ2n) is 5.04. The molecule has 0 aromatic heterocycles. The highest BCUT2D eigenvalue weighted by Gasteiger charge is 2.38. The smallest absolute Gasteiger partial charge is 0.119 e. The average molecular weight is 249 g/mol. The van der Waals surface area contributed by atoms with Crippen molar-refractivity contribution in [3.63, 3.8) is 0 Å². The van der Waals surface area contributed by atoms with Crippen molar-refractivity contribution in [1.29, 1.82) is 0 Å². The Bertz CT molecular complexity index is 375. The minimum atomic E-state index is 0.308. The molecule has 0 heterocycles. The average Bonchev–Trinajstić information content (AvgIpc) is 2.37. The molecule has 1 aliphatic carbocycles. The molecule has 0 aliphatic heterocycles. The summed E-state index contributed by atoms with van der Waals surface area (Å²) in [5.74, 6) is 0.954. The largest absolute Gasteiger partial charge is 0.497 e. The molecule has 0 radical (unpaired) electrons. The van der Waals surface area contributed by atoms with E-state index in [1.54, 1.807) is 14.2 Å². The van der Waals surface area contributed by atoms with Gasteiger partial charge in [-0.15, -0.1) is 0 Å². The van der Waals surface area contributed by atoms with Crippen LogP contribution in [0.5, 0.6) is 5.75 Å². The summed E-state index contributed by atoms with van der Waals surface area (Å²) in [6.07, 6.45) is 3.85. The number of nitrogens with one attached hydrogen (secondary N) is 1. The topological polar surface area (TPSA) is 30.5 Å². The molecule has 0 bridgehead atoms. The molecule has 0 spiro atoms. The van der Waals surface area contributed by atoms with E-state index in [1.165, 1.54) is 24.8 Å². The van der Waals surface area contributed by atoms with Crippen molar-refractivity contribution >= 4 is 0 Å². The summed E-state index contributed by atoms with van der Waals surface area (Å²) >= 11 is 0. The van der Waals surface area contributed by atoms with Crippen LogP contribution < -0.4 is 10.1 Å². The van der Waals surface area contributed by atoms with Crippen LogP contribution in [0, 0.1) is 0 Å². The van der Waals surface area contributed by atoms with E-state index in [4.69, 9.17) is 9.47 Å². The molecule has 0 saturated heterocycles. The zero-order chi connectivity index (χ0) is 12.8. The molecule has 3 nitrogen and oxygen atoms in total. The van der Waals surface area contributed by atoms with Crippen LogP contribution in [-0.4, -0.2) is 33.9 Å². The molecular weight excluding hydrogens is 226 g/mol. The third-order valence-corrected chi connectivity index (χ3v) is 3.94. The van der Waals surface area contributed by atoms with E-state index in [0.717, 1.165) is 25.4 Å². The zero-order valence-electron chi connectivity index (χ0n) is 11.4. The van der Waals surface area contributed by atoms with Crippen molar-refractivity contribution in [1.82, 2.24) is 5.32 Å². The highest BCUT2D eigenvalue weighted by Crippen LogP contribution is 2.43. The van der Waals surface area contributed by atoms with Gasteiger partial charge >= 0.3 is 0 Å². The van der Waals surface area contributed by atoms with Gasteiger partial charge in [-0.3, -0.25) is 0 Å². The monoisotopic (exact) mass is 249 g/mol. The van der Waals surface area contributed by atoms with Crippen LogP contribution >= 0.6 is 0 Å². The molecule has 18 heavy (non-hydrogen) atoms. The lowest BCUT2D eigenvalue weighted by Crippen LogP contribution is -2.44. The van der Waals surface area contributed by atoms with Crippen LogP contribution in [0.3, 0.4) is 0 Å². The minimum absolute atomic E-state index is 0.308. The van der Waals surface area contributed by atoms with Crippen LogP contribution in [0.25, 0.3) is 0 Å². The Morgan fingerprint density at radius 3 is 2.72 bits per heavy atom. The van der Waals surface area contributed by atoms with Crippen LogP contribution in [0.15, 0.2) is 24.3 Å². The van der Waals surface area contributed by atoms with Gasteiger partial charge in [-0.25, -0.2) is 0 Å². The summed E-state index contributed by atoms with van der Waals surface area (Å²) in [6.45, 7) is 2.72. The maximum Gasteiger partial charge on any atom is 0.119 e. The predicted octanol–water partition coefficient (Wildman–Crippen LogP) is 2.35. The van der Waals surface area contributed by atoms with Crippen molar-refractivity contribution in [2.24, 2.45) is 0 Å². The normalized spacial score (nSPS) is 17.2. The maximum absolute atomic E-state index is 5.32. The second-order valence-corrected chi connectivity index (χ2v) is 5.04. The Kier molecular flexibility index (Phi) is 4.61. The fraction of sp³-hybridized carbons (Fsp3) is 0.600. The summed E-state index contributed by atoms with van der Waals surface area (Å²) in [5, 5.41) is 3.50. The molecule has 1 N–H and O–H groups in total. The molecule has 1 fully saturated rings. The van der Waals surface area contributed by atoms with Crippen LogP contribution in [0.2, 0.25) is 0 Å². The van der Waals surface area contributed by atoms with E-state index in [2.05, 4.69) is 23.5 Å². The highest BCUT2D eigenvalue weighted by molar-refractivity contribution is 5.35. The Balaban J connectivity index is 2.01. The van der Waals surface area contributed by atoms with E-state index >= 15 is 0 Å². The van der Waals surface area contributed by atoms with Gasteiger partial charge in [0.2, 0.25) is 0 Å². The van der Waals surface area contributed by atoms with Gasteiger partial charge in [-0.1, -0.05) is 18.6 Å². The third-order valence-electron chi connectivity index (χ3n) is 3.94. The Labute approximate surface area is 109 Å². The number of hydrogen-bond acceptors (Lipinski definition) is 3. The summed E-state index contributed by atoms with van der Waals surface area (Å²) in [5.41, 5.74) is 1.71. The van der Waals surface area contributed by atoms with Gasteiger partial charge in [0, 0.05) is 25.6 Å². The molecule has 100 valence electrons. The number of benzene rings is 1. The third kappa shape index (κ3) is 2.85. The molecule has 1 aliphatic rings. The molecule has 0 atom stereocenters. The van der Waals surface area contributed by atoms with Gasteiger partial charge in [0.15, 0.2) is 0 Å². The van der Waals surface area contributed by atoms with Crippen molar-refractivity contribution < 1.29 is 9.47 Å². The van der Waals surface area contributed by atoms with Gasteiger partial charge < -0.3 is 14.8 Å². The minimum Gasteiger partial charge on any atom is -0.497 e. The maximum atomic E-state index is 5.32. The molecule has 1 aromatic carbocycles. The zero-order valence-corrected chi connectivity index (χ0v) is 11.4. The van der Waals surface area contributed by atoms with Gasteiger partial charge in [0.1, 0.15) is 5.75 Å². The number of rotatable bonds is 7. The van der Waals surface area contributed by atoms with Crippen LogP contribution in [-0.2, 0) is 10.2 Å². The Morgan fingerprint density at radius 2 is 2.11 bits per heavy atom. The molecule has 0 unspecified atom stereocenters. The first-order valence-electron chi connectivity index (χ1n) is 6.65. The predicted molar refractivity (Wildman–Crippen MR) is 73.3 cm³/mol. The lowest BCUT2D eigenvalue weighted by atomic mass is 9.64. The number of hydrogen-bond donors (Lipinski definition) is 1. The summed E-state index contributed by atoms with van der Waals surface area (Å²) < 4.78 is 10.4. The van der Waals surface area contributed by atoms with Crippen molar-refractivity contribution in [3.05, 3.63) is 29.8 Å². The van der Waals surface area contributed by atoms with E-state index in [-0.39, 0.29) is 0 Å². The molecule has 0 amide bonds. The standard InChI is InChI=1S/C15H23NO2/c1-17-10-9-16-12-15(7-4-8-15)13-5-3-6-14(11-13)18-2/h3,5-6,11,16H,4,7-10,12H2,1-2H3.